The van der Waals surface area contributed by atoms with Gasteiger partial charge in [-0.25, -0.2) is 4.99 Å². The van der Waals surface area contributed by atoms with Crippen molar-refractivity contribution in [1.29, 1.82) is 0 Å². The zero-order valence-electron chi connectivity index (χ0n) is 8.29. The van der Waals surface area contributed by atoms with Crippen LogP contribution in [0.5, 0.6) is 0 Å². The first-order valence-electron chi connectivity index (χ1n) is 4.73. The van der Waals surface area contributed by atoms with E-state index in [1.807, 2.05) is 30.3 Å². The highest BCUT2D eigenvalue weighted by molar-refractivity contribution is 8.16. The SMILES string of the molecule is O=C(O)C[C@@H]1SC(c2ccccc2)=NC1=O. The molecule has 1 N–H and O–H groups in total. The number of hydrogen-bond donors (Lipinski definition) is 1. The van der Waals surface area contributed by atoms with Gasteiger partial charge in [-0.2, -0.15) is 0 Å². The molecule has 2 rings (SSSR count). The minimum atomic E-state index is -0.977. The number of thioether (sulfide) groups is 1. The summed E-state index contributed by atoms with van der Waals surface area (Å²) in [7, 11) is 0. The average Bonchev–Trinajstić information content (AvgIpc) is 2.61. The zero-order chi connectivity index (χ0) is 11.5. The summed E-state index contributed by atoms with van der Waals surface area (Å²) < 4.78 is 0. The Hall–Kier alpha value is -1.62. The number of hydrogen-bond acceptors (Lipinski definition) is 3. The van der Waals surface area contributed by atoms with Crippen LogP contribution in [0.25, 0.3) is 0 Å². The van der Waals surface area contributed by atoms with Crippen molar-refractivity contribution >= 4 is 28.7 Å². The van der Waals surface area contributed by atoms with Crippen LogP contribution in [-0.2, 0) is 9.59 Å². The molecule has 16 heavy (non-hydrogen) atoms. The molecule has 0 bridgehead atoms. The number of amides is 1. The van der Waals surface area contributed by atoms with Crippen molar-refractivity contribution in [2.45, 2.75) is 11.7 Å². The molecule has 1 aromatic carbocycles. The van der Waals surface area contributed by atoms with Gasteiger partial charge in [-0.05, 0) is 0 Å². The van der Waals surface area contributed by atoms with Crippen LogP contribution in [0.2, 0.25) is 0 Å². The van der Waals surface area contributed by atoms with Crippen molar-refractivity contribution in [1.82, 2.24) is 0 Å². The molecule has 0 aliphatic carbocycles. The Balaban J connectivity index is 2.14. The lowest BCUT2D eigenvalue weighted by molar-refractivity contribution is -0.138. The fourth-order valence-electron chi connectivity index (χ4n) is 1.38. The number of carbonyl (C=O) groups is 2. The largest absolute Gasteiger partial charge is 0.481 e. The van der Waals surface area contributed by atoms with Gasteiger partial charge in [0.05, 0.1) is 6.42 Å². The molecule has 0 aromatic heterocycles. The van der Waals surface area contributed by atoms with Crippen LogP contribution in [0.15, 0.2) is 35.3 Å². The number of carboxylic acid groups (broad SMARTS) is 1. The molecule has 1 heterocycles. The highest BCUT2D eigenvalue weighted by atomic mass is 32.2. The number of rotatable bonds is 3. The molecule has 1 aliphatic heterocycles. The van der Waals surface area contributed by atoms with E-state index in [2.05, 4.69) is 4.99 Å². The van der Waals surface area contributed by atoms with Crippen molar-refractivity contribution < 1.29 is 14.7 Å². The van der Waals surface area contributed by atoms with Gasteiger partial charge in [-0.1, -0.05) is 42.1 Å². The summed E-state index contributed by atoms with van der Waals surface area (Å²) in [5, 5.41) is 8.66. The van der Waals surface area contributed by atoms with Crippen LogP contribution in [-0.4, -0.2) is 27.3 Å². The van der Waals surface area contributed by atoms with Crippen LogP contribution in [0.1, 0.15) is 12.0 Å². The second-order valence-corrected chi connectivity index (χ2v) is 4.52. The highest BCUT2D eigenvalue weighted by Crippen LogP contribution is 2.28. The summed E-state index contributed by atoms with van der Waals surface area (Å²) in [5.74, 6) is -1.33. The normalized spacial score (nSPS) is 19.6. The van der Waals surface area contributed by atoms with Crippen LogP contribution < -0.4 is 0 Å². The Kier molecular flexibility index (Phi) is 3.05. The quantitative estimate of drug-likeness (QED) is 0.863. The predicted molar refractivity (Wildman–Crippen MR) is 61.6 cm³/mol. The second-order valence-electron chi connectivity index (χ2n) is 3.33. The molecule has 1 atom stereocenters. The predicted octanol–water partition coefficient (Wildman–Crippen LogP) is 1.55. The van der Waals surface area contributed by atoms with Gasteiger partial charge >= 0.3 is 5.97 Å². The third-order valence-corrected chi connectivity index (χ3v) is 3.32. The van der Waals surface area contributed by atoms with Crippen molar-refractivity contribution in [3.8, 4) is 0 Å². The summed E-state index contributed by atoms with van der Waals surface area (Å²) in [6.45, 7) is 0. The lowest BCUT2D eigenvalue weighted by atomic mass is 10.2. The maximum absolute atomic E-state index is 11.4. The standard InChI is InChI=1S/C11H9NO3S/c13-9(14)6-8-10(15)12-11(16-8)7-4-2-1-3-5-7/h1-5,8H,6H2,(H,13,14)/t8-/m0/s1. The third-order valence-electron chi connectivity index (χ3n) is 2.12. The summed E-state index contributed by atoms with van der Waals surface area (Å²) in [5.41, 5.74) is 0.855. The lowest BCUT2D eigenvalue weighted by Crippen LogP contribution is -2.15. The van der Waals surface area contributed by atoms with Crippen molar-refractivity contribution in [2.75, 3.05) is 0 Å². The summed E-state index contributed by atoms with van der Waals surface area (Å²) in [6, 6.07) is 9.28. The number of aliphatic carboxylic acids is 1. The Morgan fingerprint density at radius 1 is 1.38 bits per heavy atom. The fraction of sp³-hybridized carbons (Fsp3) is 0.182. The van der Waals surface area contributed by atoms with Gasteiger partial charge in [0, 0.05) is 5.56 Å². The molecule has 1 aliphatic rings. The first kappa shape index (κ1) is 10.9. The van der Waals surface area contributed by atoms with Gasteiger partial charge < -0.3 is 5.11 Å². The molecule has 0 unspecified atom stereocenters. The van der Waals surface area contributed by atoms with Gasteiger partial charge in [0.1, 0.15) is 10.3 Å². The number of carbonyl (C=O) groups excluding carboxylic acids is 1. The maximum Gasteiger partial charge on any atom is 0.305 e. The molecule has 0 radical (unpaired) electrons. The molecule has 1 aromatic rings. The second kappa shape index (κ2) is 4.49. The molecule has 5 heteroatoms. The summed E-state index contributed by atoms with van der Waals surface area (Å²) >= 11 is 1.22. The first-order chi connectivity index (χ1) is 7.66. The Morgan fingerprint density at radius 3 is 2.69 bits per heavy atom. The van der Waals surface area contributed by atoms with Crippen LogP contribution in [0.3, 0.4) is 0 Å². The fourth-order valence-corrected chi connectivity index (χ4v) is 2.45. The molecule has 0 saturated heterocycles. The van der Waals surface area contributed by atoms with Crippen LogP contribution in [0, 0.1) is 0 Å². The van der Waals surface area contributed by atoms with Crippen LogP contribution in [0.4, 0.5) is 0 Å². The van der Waals surface area contributed by atoms with Crippen molar-refractivity contribution in [3.63, 3.8) is 0 Å². The van der Waals surface area contributed by atoms with Gasteiger partial charge in [0.15, 0.2) is 0 Å². The van der Waals surface area contributed by atoms with E-state index in [-0.39, 0.29) is 12.3 Å². The molecule has 82 valence electrons. The molecule has 0 spiro atoms. The molecule has 4 nitrogen and oxygen atoms in total. The molecule has 1 amide bonds. The van der Waals surface area contributed by atoms with Gasteiger partial charge in [0.25, 0.3) is 5.91 Å². The van der Waals surface area contributed by atoms with E-state index in [4.69, 9.17) is 5.11 Å². The van der Waals surface area contributed by atoms with E-state index < -0.39 is 11.2 Å². The minimum absolute atomic E-state index is 0.177. The van der Waals surface area contributed by atoms with Gasteiger partial charge in [-0.15, -0.1) is 0 Å². The van der Waals surface area contributed by atoms with E-state index in [1.165, 1.54) is 11.8 Å². The average molecular weight is 235 g/mol. The third kappa shape index (κ3) is 2.30. The number of benzene rings is 1. The Bertz CT molecular complexity index is 456. The van der Waals surface area contributed by atoms with Gasteiger partial charge in [0.2, 0.25) is 0 Å². The minimum Gasteiger partial charge on any atom is -0.481 e. The molecule has 0 saturated carbocycles. The molecular weight excluding hydrogens is 226 g/mol. The number of carboxylic acids is 1. The van der Waals surface area contributed by atoms with Gasteiger partial charge in [-0.3, -0.25) is 9.59 Å². The van der Waals surface area contributed by atoms with Crippen molar-refractivity contribution in [3.05, 3.63) is 35.9 Å². The van der Waals surface area contributed by atoms with E-state index in [0.29, 0.717) is 5.04 Å². The van der Waals surface area contributed by atoms with E-state index in [0.717, 1.165) is 5.56 Å². The highest BCUT2D eigenvalue weighted by Gasteiger charge is 2.30. The van der Waals surface area contributed by atoms with Crippen LogP contribution >= 0.6 is 11.8 Å². The van der Waals surface area contributed by atoms with E-state index >= 15 is 0 Å². The molecule has 0 fully saturated rings. The zero-order valence-corrected chi connectivity index (χ0v) is 9.11. The number of aliphatic imine (C=N–C) groups is 1. The smallest absolute Gasteiger partial charge is 0.305 e. The monoisotopic (exact) mass is 235 g/mol. The van der Waals surface area contributed by atoms with E-state index in [1.54, 1.807) is 0 Å². The lowest BCUT2D eigenvalue weighted by Gasteiger charge is -2.02. The van der Waals surface area contributed by atoms with E-state index in [9.17, 15) is 9.59 Å². The molecular formula is C11H9NO3S. The first-order valence-corrected chi connectivity index (χ1v) is 5.61. The Morgan fingerprint density at radius 2 is 2.06 bits per heavy atom. The van der Waals surface area contributed by atoms with Crippen molar-refractivity contribution in [2.24, 2.45) is 4.99 Å². The topological polar surface area (TPSA) is 66.7 Å². The summed E-state index contributed by atoms with van der Waals surface area (Å²) in [4.78, 5) is 25.8. The summed E-state index contributed by atoms with van der Waals surface area (Å²) in [6.07, 6.45) is -0.177. The Labute approximate surface area is 96.4 Å². The maximum atomic E-state index is 11.4. The number of nitrogens with zero attached hydrogens (tertiary/aromatic N) is 1.